The molecule has 0 aromatic heterocycles. The van der Waals surface area contributed by atoms with E-state index in [1.54, 1.807) is 36.4 Å². The Morgan fingerprint density at radius 2 is 0.368 bits per heavy atom. The first-order chi connectivity index (χ1) is 8.49. The molecule has 0 amide bonds. The molecule has 0 saturated carbocycles. The molecule has 19 heavy (non-hydrogen) atoms. The molecule has 0 aliphatic carbocycles. The average molecular weight is 302 g/mol. The van der Waals surface area contributed by atoms with Crippen LogP contribution in [0.2, 0.25) is 0 Å². The quantitative estimate of drug-likeness (QED) is 0.628. The Morgan fingerprint density at radius 3 is 0.368 bits per heavy atom. The number of nitriles is 6. The molecule has 0 heterocycles. The molecule has 0 aromatic carbocycles. The fourth-order valence-corrected chi connectivity index (χ4v) is 0. The molecule has 102 valence electrons. The summed E-state index contributed by atoms with van der Waals surface area (Å²) in [5, 5.41) is 43.9. The monoisotopic (exact) mass is 302 g/mol. The molecule has 0 aliphatic heterocycles. The fourth-order valence-electron chi connectivity index (χ4n) is 0. The minimum absolute atomic E-state index is 0. The fraction of sp³-hybridized carbons (Fsp3) is 0.500. The van der Waals surface area contributed by atoms with Crippen LogP contribution in [-0.2, 0) is 17.1 Å². The summed E-state index contributed by atoms with van der Waals surface area (Å²) in [7, 11) is 0. The van der Waals surface area contributed by atoms with E-state index < -0.39 is 0 Å². The summed E-state index contributed by atoms with van der Waals surface area (Å²) in [6.45, 7) is 8.58. The zero-order valence-electron chi connectivity index (χ0n) is 12.0. The molecule has 0 unspecified atom stereocenters. The second-order valence-electron chi connectivity index (χ2n) is 1.34. The number of hydrogen-bond donors (Lipinski definition) is 0. The Bertz CT molecular complexity index is 244. The molecule has 7 heteroatoms. The Hall–Kier alpha value is -2.54. The first-order valence-corrected chi connectivity index (χ1v) is 4.34. The van der Waals surface area contributed by atoms with Gasteiger partial charge in [0.25, 0.3) is 0 Å². The maximum Gasteiger partial charge on any atom is 2.00 e. The Morgan fingerprint density at radius 1 is 0.368 bits per heavy atom. The largest absolute Gasteiger partial charge is 2.00 e. The van der Waals surface area contributed by atoms with Crippen LogP contribution in [0, 0.1) is 68.0 Å². The van der Waals surface area contributed by atoms with Gasteiger partial charge in [0.2, 0.25) is 0 Å². The van der Waals surface area contributed by atoms with Crippen LogP contribution >= 0.6 is 0 Å². The maximum atomic E-state index is 7.32. The van der Waals surface area contributed by atoms with Gasteiger partial charge in [0.15, 0.2) is 0 Å². The van der Waals surface area contributed by atoms with Gasteiger partial charge in [0, 0.05) is 41.5 Å². The average Bonchev–Trinajstić information content (AvgIpc) is 2.23. The van der Waals surface area contributed by atoms with Crippen LogP contribution in [0.15, 0.2) is 0 Å². The van der Waals surface area contributed by atoms with E-state index >= 15 is 0 Å². The normalized spacial score (nSPS) is 2.53. The third-order valence-corrected chi connectivity index (χ3v) is 0. The minimum Gasteiger partial charge on any atom is -0.199 e. The predicted molar refractivity (Wildman–Crippen MR) is 67.7 cm³/mol. The van der Waals surface area contributed by atoms with Gasteiger partial charge in [-0.05, 0) is 0 Å². The van der Waals surface area contributed by atoms with Crippen molar-refractivity contribution in [3.05, 3.63) is 0 Å². The molecular weight excluding hydrogens is 284 g/mol. The minimum atomic E-state index is 0. The number of rotatable bonds is 0. The first-order valence-electron chi connectivity index (χ1n) is 4.34. The van der Waals surface area contributed by atoms with Crippen molar-refractivity contribution in [1.82, 2.24) is 0 Å². The zero-order chi connectivity index (χ0) is 16.2. The maximum absolute atomic E-state index is 7.32. The SMILES string of the molecule is CC#N.CC#N.CC#N.CC#N.CC#N.CC#N.[Fe+2]. The van der Waals surface area contributed by atoms with Crippen LogP contribution in [0.1, 0.15) is 41.5 Å². The van der Waals surface area contributed by atoms with Gasteiger partial charge in [0.05, 0.1) is 36.4 Å². The van der Waals surface area contributed by atoms with E-state index in [0.29, 0.717) is 0 Å². The summed E-state index contributed by atoms with van der Waals surface area (Å²) in [5.74, 6) is 0. The molecule has 0 spiro atoms. The third-order valence-electron chi connectivity index (χ3n) is 0. The molecule has 0 aliphatic rings. The van der Waals surface area contributed by atoms with Crippen LogP contribution in [0.3, 0.4) is 0 Å². The van der Waals surface area contributed by atoms with Crippen molar-refractivity contribution in [2.24, 2.45) is 0 Å². The summed E-state index contributed by atoms with van der Waals surface area (Å²) in [6.07, 6.45) is 0. The Labute approximate surface area is 127 Å². The zero-order valence-corrected chi connectivity index (χ0v) is 13.1. The van der Waals surface area contributed by atoms with Gasteiger partial charge < -0.3 is 0 Å². The van der Waals surface area contributed by atoms with Crippen molar-refractivity contribution >= 4 is 0 Å². The number of hydrogen-bond acceptors (Lipinski definition) is 6. The van der Waals surface area contributed by atoms with Crippen LogP contribution in [0.25, 0.3) is 0 Å². The van der Waals surface area contributed by atoms with Crippen molar-refractivity contribution in [2.45, 2.75) is 41.5 Å². The van der Waals surface area contributed by atoms with E-state index in [1.165, 1.54) is 41.5 Å². The van der Waals surface area contributed by atoms with Crippen molar-refractivity contribution in [1.29, 1.82) is 31.6 Å². The van der Waals surface area contributed by atoms with E-state index in [2.05, 4.69) is 0 Å². The van der Waals surface area contributed by atoms with E-state index in [0.717, 1.165) is 0 Å². The van der Waals surface area contributed by atoms with Crippen molar-refractivity contribution < 1.29 is 17.1 Å². The smallest absolute Gasteiger partial charge is 0.199 e. The van der Waals surface area contributed by atoms with E-state index in [4.69, 9.17) is 31.6 Å². The summed E-state index contributed by atoms with van der Waals surface area (Å²) >= 11 is 0. The first kappa shape index (κ1) is 44.0. The van der Waals surface area contributed by atoms with Crippen molar-refractivity contribution in [3.8, 4) is 36.4 Å². The Kier molecular flexibility index (Phi) is 625. The summed E-state index contributed by atoms with van der Waals surface area (Å²) in [5.41, 5.74) is 0. The van der Waals surface area contributed by atoms with Crippen LogP contribution in [0.4, 0.5) is 0 Å². The van der Waals surface area contributed by atoms with Crippen LogP contribution in [-0.4, -0.2) is 0 Å². The molecule has 0 radical (unpaired) electrons. The van der Waals surface area contributed by atoms with E-state index in [-0.39, 0.29) is 17.1 Å². The van der Waals surface area contributed by atoms with Gasteiger partial charge in [-0.15, -0.1) is 0 Å². The number of nitrogens with zero attached hydrogens (tertiary/aromatic N) is 6. The molecule has 0 bridgehead atoms. The van der Waals surface area contributed by atoms with Gasteiger partial charge in [-0.2, -0.15) is 31.6 Å². The second kappa shape index (κ2) is 270. The van der Waals surface area contributed by atoms with Crippen molar-refractivity contribution in [2.75, 3.05) is 0 Å². The molecule has 6 nitrogen and oxygen atoms in total. The van der Waals surface area contributed by atoms with Gasteiger partial charge in [-0.3, -0.25) is 0 Å². The summed E-state index contributed by atoms with van der Waals surface area (Å²) in [4.78, 5) is 0. The van der Waals surface area contributed by atoms with Crippen LogP contribution < -0.4 is 0 Å². The van der Waals surface area contributed by atoms with E-state index in [1.807, 2.05) is 0 Å². The van der Waals surface area contributed by atoms with E-state index in [9.17, 15) is 0 Å². The van der Waals surface area contributed by atoms with Gasteiger partial charge >= 0.3 is 17.1 Å². The topological polar surface area (TPSA) is 143 Å². The second-order valence-corrected chi connectivity index (χ2v) is 1.34. The molecule has 0 rings (SSSR count). The Balaban J connectivity index is -0.0000000180. The molecule has 0 N–H and O–H groups in total. The molecule has 0 aromatic rings. The van der Waals surface area contributed by atoms with Gasteiger partial charge in [-0.1, -0.05) is 0 Å². The molecule has 0 saturated heterocycles. The van der Waals surface area contributed by atoms with Gasteiger partial charge in [0.1, 0.15) is 0 Å². The molecule has 0 atom stereocenters. The van der Waals surface area contributed by atoms with Gasteiger partial charge in [-0.25, -0.2) is 0 Å². The predicted octanol–water partition coefficient (Wildman–Crippen LogP) is 3.18. The standard InChI is InChI=1S/6C2H3N.Fe/c6*1-2-3;/h6*1H3;/q;;;;;;+2. The summed E-state index contributed by atoms with van der Waals surface area (Å²) in [6, 6.07) is 10.5. The van der Waals surface area contributed by atoms with Crippen molar-refractivity contribution in [3.63, 3.8) is 0 Å². The third kappa shape index (κ3) is 434. The molecule has 0 fully saturated rings. The molecular formula is C12H18FeN6+2. The van der Waals surface area contributed by atoms with Crippen LogP contribution in [0.5, 0.6) is 0 Å². The summed E-state index contributed by atoms with van der Waals surface area (Å²) < 4.78 is 0.